The second-order valence-electron chi connectivity index (χ2n) is 8.30. The van der Waals surface area contributed by atoms with Crippen molar-refractivity contribution in [1.29, 1.82) is 0 Å². The van der Waals surface area contributed by atoms with E-state index in [2.05, 4.69) is 20.6 Å². The number of carbonyl (C=O) groups excluding carboxylic acids is 3. The Kier molecular flexibility index (Phi) is 8.21. The van der Waals surface area contributed by atoms with Gasteiger partial charge in [0.15, 0.2) is 16.8 Å². The highest BCUT2D eigenvalue weighted by Crippen LogP contribution is 2.34. The Bertz CT molecular complexity index is 1270. The van der Waals surface area contributed by atoms with E-state index in [-0.39, 0.29) is 35.7 Å². The van der Waals surface area contributed by atoms with Crippen LogP contribution in [0.5, 0.6) is 0 Å². The lowest BCUT2D eigenvalue weighted by Gasteiger charge is -2.14. The summed E-state index contributed by atoms with van der Waals surface area (Å²) in [5, 5.41) is 16.7. The standard InChI is InChI=1S/C23H28N6O5S2/c1-5-33-22(32)18-13(2)19(14(3)30)36-21(18)24-17(31)12-35-23-26-25-20(16-8-9-28(4)27-16)29(23)11-15-7-6-10-34-15/h8-9,15H,5-7,10-12H2,1-4H3,(H,24,31). The van der Waals surface area contributed by atoms with Crippen LogP contribution in [0.1, 0.15) is 52.3 Å². The van der Waals surface area contributed by atoms with Crippen molar-refractivity contribution < 1.29 is 23.9 Å². The van der Waals surface area contributed by atoms with Crippen LogP contribution in [0.25, 0.3) is 11.5 Å². The quantitative estimate of drug-likeness (QED) is 0.237. The Hall–Kier alpha value is -3.03. The SMILES string of the molecule is CCOC(=O)c1c(NC(=O)CSc2nnc(-c3ccn(C)n3)n2CC2CCCO2)sc(C(C)=O)c1C. The van der Waals surface area contributed by atoms with Crippen molar-refractivity contribution in [2.75, 3.05) is 24.3 Å². The Balaban J connectivity index is 1.52. The minimum absolute atomic E-state index is 0.0283. The summed E-state index contributed by atoms with van der Waals surface area (Å²) < 4.78 is 14.6. The van der Waals surface area contributed by atoms with Crippen molar-refractivity contribution in [3.8, 4) is 11.5 Å². The van der Waals surface area contributed by atoms with E-state index in [0.717, 1.165) is 30.8 Å². The number of aryl methyl sites for hydroxylation is 1. The number of hydrogen-bond acceptors (Lipinski definition) is 10. The average molecular weight is 533 g/mol. The van der Waals surface area contributed by atoms with Crippen LogP contribution in [0, 0.1) is 6.92 Å². The summed E-state index contributed by atoms with van der Waals surface area (Å²) in [6.45, 7) is 6.27. The molecule has 1 amide bonds. The number of nitrogens with one attached hydrogen (secondary N) is 1. The van der Waals surface area contributed by atoms with Crippen molar-refractivity contribution in [3.63, 3.8) is 0 Å². The number of carbonyl (C=O) groups is 3. The normalized spacial score (nSPS) is 15.3. The molecule has 3 aromatic heterocycles. The number of thiophene rings is 1. The average Bonchev–Trinajstić information content (AvgIpc) is 3.61. The number of ketones is 1. The monoisotopic (exact) mass is 532 g/mol. The van der Waals surface area contributed by atoms with Crippen molar-refractivity contribution in [2.24, 2.45) is 7.05 Å². The fourth-order valence-corrected chi connectivity index (χ4v) is 5.81. The van der Waals surface area contributed by atoms with E-state index >= 15 is 0 Å². The molecule has 11 nitrogen and oxygen atoms in total. The van der Waals surface area contributed by atoms with Crippen molar-refractivity contribution in [2.45, 2.75) is 51.4 Å². The number of aromatic nitrogens is 5. The molecule has 1 fully saturated rings. The summed E-state index contributed by atoms with van der Waals surface area (Å²) in [5.41, 5.74) is 1.40. The molecule has 0 saturated carbocycles. The van der Waals surface area contributed by atoms with Crippen LogP contribution in [0.15, 0.2) is 17.4 Å². The number of rotatable bonds is 10. The molecule has 1 aliphatic rings. The summed E-state index contributed by atoms with van der Waals surface area (Å²) in [7, 11) is 1.83. The maximum absolute atomic E-state index is 12.9. The molecule has 4 heterocycles. The van der Waals surface area contributed by atoms with E-state index < -0.39 is 5.97 Å². The Labute approximate surface area is 216 Å². The van der Waals surface area contributed by atoms with Gasteiger partial charge in [-0.2, -0.15) is 5.10 Å². The van der Waals surface area contributed by atoms with Crippen LogP contribution in [0.4, 0.5) is 5.00 Å². The Morgan fingerprint density at radius 1 is 1.33 bits per heavy atom. The van der Waals surface area contributed by atoms with Gasteiger partial charge in [0.2, 0.25) is 5.91 Å². The molecule has 1 aliphatic heterocycles. The molecule has 0 aromatic carbocycles. The number of thioether (sulfide) groups is 1. The van der Waals surface area contributed by atoms with E-state index in [1.54, 1.807) is 18.5 Å². The van der Waals surface area contributed by atoms with E-state index in [9.17, 15) is 14.4 Å². The first-order chi connectivity index (χ1) is 17.3. The van der Waals surface area contributed by atoms with Gasteiger partial charge in [-0.25, -0.2) is 4.79 Å². The van der Waals surface area contributed by atoms with Crippen molar-refractivity contribution in [3.05, 3.63) is 28.3 Å². The highest BCUT2D eigenvalue weighted by atomic mass is 32.2. The fraction of sp³-hybridized carbons (Fsp3) is 0.478. The van der Waals surface area contributed by atoms with Gasteiger partial charge in [-0.15, -0.1) is 21.5 Å². The van der Waals surface area contributed by atoms with Crippen molar-refractivity contribution in [1.82, 2.24) is 24.5 Å². The van der Waals surface area contributed by atoms with Gasteiger partial charge in [-0.05, 0) is 45.2 Å². The van der Waals surface area contributed by atoms with E-state index in [1.165, 1.54) is 18.7 Å². The van der Waals surface area contributed by atoms with Crippen LogP contribution in [-0.2, 0) is 27.9 Å². The van der Waals surface area contributed by atoms with Crippen LogP contribution in [-0.4, -0.2) is 67.3 Å². The summed E-state index contributed by atoms with van der Waals surface area (Å²) in [6.07, 6.45) is 3.82. The number of esters is 1. The van der Waals surface area contributed by atoms with Crippen molar-refractivity contribution >= 4 is 45.8 Å². The fourth-order valence-electron chi connectivity index (χ4n) is 3.96. The van der Waals surface area contributed by atoms with Gasteiger partial charge in [0.05, 0.1) is 35.4 Å². The number of anilines is 1. The molecule has 13 heteroatoms. The number of amides is 1. The van der Waals surface area contributed by atoms with Gasteiger partial charge in [0.1, 0.15) is 10.7 Å². The van der Waals surface area contributed by atoms with Gasteiger partial charge >= 0.3 is 5.97 Å². The lowest BCUT2D eigenvalue weighted by molar-refractivity contribution is -0.113. The molecule has 4 rings (SSSR count). The lowest BCUT2D eigenvalue weighted by Crippen LogP contribution is -2.19. The highest BCUT2D eigenvalue weighted by molar-refractivity contribution is 7.99. The molecule has 1 atom stereocenters. The zero-order valence-corrected chi connectivity index (χ0v) is 22.2. The van der Waals surface area contributed by atoms with Crippen LogP contribution in [0.2, 0.25) is 0 Å². The van der Waals surface area contributed by atoms with Gasteiger partial charge in [0, 0.05) is 19.9 Å². The third kappa shape index (κ3) is 5.68. The topological polar surface area (TPSA) is 130 Å². The van der Waals surface area contributed by atoms with E-state index in [4.69, 9.17) is 9.47 Å². The minimum Gasteiger partial charge on any atom is -0.462 e. The summed E-state index contributed by atoms with van der Waals surface area (Å²) in [6, 6.07) is 1.86. The van der Waals surface area contributed by atoms with E-state index in [0.29, 0.717) is 38.7 Å². The Morgan fingerprint density at radius 3 is 2.78 bits per heavy atom. The first-order valence-electron chi connectivity index (χ1n) is 11.6. The molecule has 0 spiro atoms. The smallest absolute Gasteiger partial charge is 0.341 e. The molecule has 1 N–H and O–H groups in total. The molecule has 1 unspecified atom stereocenters. The number of nitrogens with zero attached hydrogens (tertiary/aromatic N) is 5. The highest BCUT2D eigenvalue weighted by Gasteiger charge is 2.26. The first-order valence-corrected chi connectivity index (χ1v) is 13.4. The zero-order valence-electron chi connectivity index (χ0n) is 20.6. The molecule has 0 radical (unpaired) electrons. The summed E-state index contributed by atoms with van der Waals surface area (Å²) in [5.74, 6) is -0.452. The predicted molar refractivity (Wildman–Crippen MR) is 136 cm³/mol. The van der Waals surface area contributed by atoms with Gasteiger partial charge in [-0.1, -0.05) is 11.8 Å². The van der Waals surface area contributed by atoms with Gasteiger partial charge in [0.25, 0.3) is 0 Å². The number of hydrogen-bond donors (Lipinski definition) is 1. The molecule has 3 aromatic rings. The zero-order chi connectivity index (χ0) is 25.8. The molecule has 36 heavy (non-hydrogen) atoms. The van der Waals surface area contributed by atoms with Gasteiger partial charge in [-0.3, -0.25) is 18.8 Å². The molecule has 1 saturated heterocycles. The second kappa shape index (κ2) is 11.4. The molecular weight excluding hydrogens is 504 g/mol. The number of Topliss-reactive ketones (excluding diaryl/α,β-unsaturated/α-hetero) is 1. The largest absolute Gasteiger partial charge is 0.462 e. The first kappa shape index (κ1) is 26.0. The maximum atomic E-state index is 12.9. The van der Waals surface area contributed by atoms with Crippen LogP contribution < -0.4 is 5.32 Å². The third-order valence-corrected chi connectivity index (χ3v) is 7.88. The molecular formula is C23H28N6O5S2. The predicted octanol–water partition coefficient (Wildman–Crippen LogP) is 3.34. The molecule has 0 bridgehead atoms. The van der Waals surface area contributed by atoms with Gasteiger partial charge < -0.3 is 14.8 Å². The third-order valence-electron chi connectivity index (χ3n) is 5.60. The summed E-state index contributed by atoms with van der Waals surface area (Å²) >= 11 is 2.31. The Morgan fingerprint density at radius 2 is 2.14 bits per heavy atom. The summed E-state index contributed by atoms with van der Waals surface area (Å²) in [4.78, 5) is 37.8. The molecule has 192 valence electrons. The lowest BCUT2D eigenvalue weighted by atomic mass is 10.1. The second-order valence-corrected chi connectivity index (χ2v) is 10.3. The molecule has 0 aliphatic carbocycles. The maximum Gasteiger partial charge on any atom is 0.341 e. The van der Waals surface area contributed by atoms with Crippen LogP contribution in [0.3, 0.4) is 0 Å². The van der Waals surface area contributed by atoms with E-state index in [1.807, 2.05) is 23.9 Å². The minimum atomic E-state index is -0.571. The van der Waals surface area contributed by atoms with Crippen LogP contribution >= 0.6 is 23.1 Å². The number of ether oxygens (including phenoxy) is 2.